The first-order valence-corrected chi connectivity index (χ1v) is 8.64. The van der Waals surface area contributed by atoms with Crippen LogP contribution in [-0.2, 0) is 0 Å². The Labute approximate surface area is 110 Å². The Balaban J connectivity index is 1.52. The molecule has 1 atom stereocenters. The van der Waals surface area contributed by atoms with Gasteiger partial charge in [0, 0.05) is 6.04 Å². The molecule has 98 valence electrons. The van der Waals surface area contributed by atoms with E-state index in [1.165, 1.54) is 17.9 Å². The van der Waals surface area contributed by atoms with E-state index >= 15 is 0 Å². The quantitative estimate of drug-likeness (QED) is 0.757. The number of hydrogen-bond acceptors (Lipinski definition) is 2. The van der Waals surface area contributed by atoms with Crippen LogP contribution in [0.5, 0.6) is 0 Å². The van der Waals surface area contributed by atoms with Crippen LogP contribution < -0.4 is 5.73 Å². The minimum atomic E-state index is 0.388. The van der Waals surface area contributed by atoms with Gasteiger partial charge in [-0.3, -0.25) is 0 Å². The van der Waals surface area contributed by atoms with Crippen molar-refractivity contribution < 1.29 is 0 Å². The largest absolute Gasteiger partial charge is 0.328 e. The second kappa shape index (κ2) is 4.77. The monoisotopic (exact) mass is 253 g/mol. The summed E-state index contributed by atoms with van der Waals surface area (Å²) >= 11 is 2.19. The van der Waals surface area contributed by atoms with Gasteiger partial charge in [0.25, 0.3) is 0 Å². The first-order valence-electron chi connectivity index (χ1n) is 7.48. The summed E-state index contributed by atoms with van der Waals surface area (Å²) < 4.78 is 0. The summed E-state index contributed by atoms with van der Waals surface area (Å²) in [6, 6.07) is 0.388. The lowest BCUT2D eigenvalue weighted by Gasteiger charge is -2.57. The van der Waals surface area contributed by atoms with Gasteiger partial charge in [-0.1, -0.05) is 0 Å². The van der Waals surface area contributed by atoms with Crippen molar-refractivity contribution in [2.24, 2.45) is 28.9 Å². The molecule has 4 bridgehead atoms. The molecule has 0 aromatic rings. The Bertz CT molecular complexity index is 239. The Morgan fingerprint density at radius 3 is 2.12 bits per heavy atom. The molecule has 1 nitrogen and oxygen atoms in total. The summed E-state index contributed by atoms with van der Waals surface area (Å²) in [6.45, 7) is 2.13. The third-order valence-corrected chi connectivity index (χ3v) is 6.63. The normalized spacial score (nSPS) is 45.2. The van der Waals surface area contributed by atoms with Gasteiger partial charge in [-0.2, -0.15) is 11.8 Å². The van der Waals surface area contributed by atoms with Gasteiger partial charge in [-0.25, -0.2) is 0 Å². The van der Waals surface area contributed by atoms with Crippen LogP contribution in [0, 0.1) is 23.2 Å². The SMILES string of the molecule is CC(N)CCSCC12CC3CC(CC(C3)C1)C2. The highest BCUT2D eigenvalue weighted by Crippen LogP contribution is 2.60. The molecule has 0 saturated heterocycles. The maximum Gasteiger partial charge on any atom is 0.00183 e. The van der Waals surface area contributed by atoms with Gasteiger partial charge in [0.1, 0.15) is 0 Å². The molecule has 0 amide bonds. The fourth-order valence-electron chi connectivity index (χ4n) is 5.02. The molecule has 2 heteroatoms. The predicted molar refractivity (Wildman–Crippen MR) is 76.2 cm³/mol. The van der Waals surface area contributed by atoms with Crippen molar-refractivity contribution >= 4 is 11.8 Å². The Kier molecular flexibility index (Phi) is 3.47. The molecule has 4 aliphatic carbocycles. The van der Waals surface area contributed by atoms with Crippen LogP contribution >= 0.6 is 11.8 Å². The Morgan fingerprint density at radius 2 is 1.65 bits per heavy atom. The van der Waals surface area contributed by atoms with Crippen molar-refractivity contribution in [2.75, 3.05) is 11.5 Å². The van der Waals surface area contributed by atoms with Crippen molar-refractivity contribution in [2.45, 2.75) is 57.9 Å². The van der Waals surface area contributed by atoms with Crippen LogP contribution in [0.25, 0.3) is 0 Å². The van der Waals surface area contributed by atoms with Gasteiger partial charge in [-0.15, -0.1) is 0 Å². The Hall–Kier alpha value is 0.310. The first-order chi connectivity index (χ1) is 8.15. The second-order valence-electron chi connectivity index (χ2n) is 7.24. The Morgan fingerprint density at radius 1 is 1.12 bits per heavy atom. The van der Waals surface area contributed by atoms with E-state index in [1.54, 1.807) is 38.5 Å². The lowest BCUT2D eigenvalue weighted by Crippen LogP contribution is -2.47. The molecular formula is C15H27NS. The van der Waals surface area contributed by atoms with Gasteiger partial charge >= 0.3 is 0 Å². The van der Waals surface area contributed by atoms with Crippen molar-refractivity contribution in [3.8, 4) is 0 Å². The van der Waals surface area contributed by atoms with Crippen LogP contribution in [0.15, 0.2) is 0 Å². The summed E-state index contributed by atoms with van der Waals surface area (Å²) in [6.07, 6.45) is 10.6. The number of rotatable bonds is 5. The van der Waals surface area contributed by atoms with Crippen LogP contribution in [0.1, 0.15) is 51.9 Å². The minimum absolute atomic E-state index is 0.388. The molecule has 4 aliphatic rings. The van der Waals surface area contributed by atoms with Crippen molar-refractivity contribution in [1.29, 1.82) is 0 Å². The van der Waals surface area contributed by atoms with Crippen molar-refractivity contribution in [1.82, 2.24) is 0 Å². The van der Waals surface area contributed by atoms with E-state index in [2.05, 4.69) is 18.7 Å². The highest BCUT2D eigenvalue weighted by atomic mass is 32.2. The van der Waals surface area contributed by atoms with E-state index in [1.807, 2.05) is 0 Å². The molecule has 0 heterocycles. The summed E-state index contributed by atoms with van der Waals surface area (Å²) in [5.74, 6) is 6.03. The molecule has 4 rings (SSSR count). The van der Waals surface area contributed by atoms with Gasteiger partial charge in [0.2, 0.25) is 0 Å². The number of hydrogen-bond donors (Lipinski definition) is 1. The zero-order valence-corrected chi connectivity index (χ0v) is 12.0. The van der Waals surface area contributed by atoms with Crippen molar-refractivity contribution in [3.05, 3.63) is 0 Å². The number of nitrogens with two attached hydrogens (primary N) is 1. The molecule has 2 N–H and O–H groups in total. The molecule has 0 aromatic carbocycles. The van der Waals surface area contributed by atoms with E-state index < -0.39 is 0 Å². The highest BCUT2D eigenvalue weighted by Gasteiger charge is 2.50. The average molecular weight is 253 g/mol. The highest BCUT2D eigenvalue weighted by molar-refractivity contribution is 7.99. The van der Waals surface area contributed by atoms with Gasteiger partial charge in [0.05, 0.1) is 0 Å². The zero-order valence-electron chi connectivity index (χ0n) is 11.2. The predicted octanol–water partition coefficient (Wildman–Crippen LogP) is 3.67. The smallest absolute Gasteiger partial charge is 0.00183 e. The molecule has 4 fully saturated rings. The van der Waals surface area contributed by atoms with E-state index in [0.29, 0.717) is 6.04 Å². The lowest BCUT2D eigenvalue weighted by atomic mass is 9.50. The summed E-state index contributed by atoms with van der Waals surface area (Å²) in [7, 11) is 0. The average Bonchev–Trinajstić information content (AvgIpc) is 2.22. The van der Waals surface area contributed by atoms with Crippen LogP contribution in [-0.4, -0.2) is 17.5 Å². The zero-order chi connectivity index (χ0) is 11.9. The fraction of sp³-hybridized carbons (Fsp3) is 1.00. The maximum absolute atomic E-state index is 5.83. The van der Waals surface area contributed by atoms with Gasteiger partial charge in [-0.05, 0) is 86.5 Å². The molecule has 0 radical (unpaired) electrons. The van der Waals surface area contributed by atoms with E-state index in [0.717, 1.165) is 23.2 Å². The third-order valence-electron chi connectivity index (χ3n) is 5.29. The van der Waals surface area contributed by atoms with E-state index in [4.69, 9.17) is 5.73 Å². The van der Waals surface area contributed by atoms with Gasteiger partial charge < -0.3 is 5.73 Å². The lowest BCUT2D eigenvalue weighted by molar-refractivity contribution is -0.0381. The van der Waals surface area contributed by atoms with E-state index in [9.17, 15) is 0 Å². The molecule has 4 saturated carbocycles. The van der Waals surface area contributed by atoms with Crippen LogP contribution in [0.3, 0.4) is 0 Å². The second-order valence-corrected chi connectivity index (χ2v) is 8.34. The molecular weight excluding hydrogens is 226 g/mol. The minimum Gasteiger partial charge on any atom is -0.328 e. The van der Waals surface area contributed by atoms with E-state index in [-0.39, 0.29) is 0 Å². The van der Waals surface area contributed by atoms with Crippen LogP contribution in [0.4, 0.5) is 0 Å². The first kappa shape index (κ1) is 12.3. The molecule has 17 heavy (non-hydrogen) atoms. The molecule has 0 aromatic heterocycles. The topological polar surface area (TPSA) is 26.0 Å². The summed E-state index contributed by atoms with van der Waals surface area (Å²) in [4.78, 5) is 0. The summed E-state index contributed by atoms with van der Waals surface area (Å²) in [5, 5.41) is 0. The molecule has 1 unspecified atom stereocenters. The summed E-state index contributed by atoms with van der Waals surface area (Å²) in [5.41, 5.74) is 6.59. The molecule has 0 aliphatic heterocycles. The van der Waals surface area contributed by atoms with Crippen LogP contribution in [0.2, 0.25) is 0 Å². The standard InChI is InChI=1S/C15H27NS/c1-11(16)2-3-17-10-15-7-12-4-13(8-15)6-14(5-12)9-15/h11-14H,2-10,16H2,1H3. The van der Waals surface area contributed by atoms with Gasteiger partial charge in [0.15, 0.2) is 0 Å². The molecule has 0 spiro atoms. The van der Waals surface area contributed by atoms with Crippen molar-refractivity contribution in [3.63, 3.8) is 0 Å². The maximum atomic E-state index is 5.83. The fourth-order valence-corrected chi connectivity index (χ4v) is 6.49. The third kappa shape index (κ3) is 2.68. The number of thioether (sulfide) groups is 1.